The lowest BCUT2D eigenvalue weighted by atomic mass is 9.85. The third-order valence-corrected chi connectivity index (χ3v) is 3.35. The minimum atomic E-state index is -4.73. The van der Waals surface area contributed by atoms with Gasteiger partial charge in [-0.3, -0.25) is 0 Å². The van der Waals surface area contributed by atoms with Gasteiger partial charge in [-0.05, 0) is 36.6 Å². The van der Waals surface area contributed by atoms with Crippen LogP contribution in [0.5, 0.6) is 0 Å². The van der Waals surface area contributed by atoms with E-state index in [-0.39, 0.29) is 5.56 Å². The third kappa shape index (κ3) is 3.61. The topological polar surface area (TPSA) is 26.0 Å². The second-order valence-corrected chi connectivity index (χ2v) is 5.27. The summed E-state index contributed by atoms with van der Waals surface area (Å²) in [7, 11) is 0. The number of nitrogens with two attached hydrogens (primary N) is 1. The third-order valence-electron chi connectivity index (χ3n) is 3.35. The van der Waals surface area contributed by atoms with E-state index in [2.05, 4.69) is 0 Å². The van der Waals surface area contributed by atoms with E-state index in [1.54, 1.807) is 6.92 Å². The lowest BCUT2D eigenvalue weighted by Gasteiger charge is -2.26. The fourth-order valence-electron chi connectivity index (χ4n) is 2.22. The van der Waals surface area contributed by atoms with Crippen molar-refractivity contribution in [3.05, 3.63) is 71.0 Å². The van der Waals surface area contributed by atoms with Gasteiger partial charge in [-0.25, -0.2) is 4.39 Å². The monoisotopic (exact) mass is 297 g/mol. The van der Waals surface area contributed by atoms with Crippen LogP contribution in [0.3, 0.4) is 0 Å². The summed E-state index contributed by atoms with van der Waals surface area (Å²) in [6.45, 7) is 1.63. The Morgan fingerprint density at radius 3 is 2.19 bits per heavy atom. The maximum Gasteiger partial charge on any atom is 0.419 e. The fourth-order valence-corrected chi connectivity index (χ4v) is 2.22. The Labute approximate surface area is 120 Å². The standard InChI is InChI=1S/C16H15F4N/c1-15(21,10-11-5-3-2-4-6-11)12-7-8-14(17)13(9-12)16(18,19)20/h2-9H,10,21H2,1H3. The van der Waals surface area contributed by atoms with Gasteiger partial charge in [0.25, 0.3) is 0 Å². The van der Waals surface area contributed by atoms with Crippen LogP contribution in [0.25, 0.3) is 0 Å². The highest BCUT2D eigenvalue weighted by atomic mass is 19.4. The predicted octanol–water partition coefficient (Wildman–Crippen LogP) is 4.26. The zero-order valence-electron chi connectivity index (χ0n) is 11.4. The maximum absolute atomic E-state index is 13.3. The molecule has 0 aliphatic heterocycles. The predicted molar refractivity (Wildman–Crippen MR) is 73.1 cm³/mol. The van der Waals surface area contributed by atoms with Crippen LogP contribution >= 0.6 is 0 Å². The largest absolute Gasteiger partial charge is 0.419 e. The summed E-state index contributed by atoms with van der Waals surface area (Å²) in [5, 5.41) is 0. The molecule has 0 amide bonds. The molecule has 0 saturated heterocycles. The van der Waals surface area contributed by atoms with Gasteiger partial charge < -0.3 is 5.73 Å². The molecule has 1 atom stereocenters. The van der Waals surface area contributed by atoms with E-state index in [1.165, 1.54) is 6.07 Å². The van der Waals surface area contributed by atoms with Crippen LogP contribution < -0.4 is 5.73 Å². The number of hydrogen-bond donors (Lipinski definition) is 1. The molecule has 5 heteroatoms. The van der Waals surface area contributed by atoms with Gasteiger partial charge in [0.1, 0.15) is 5.82 Å². The Bertz CT molecular complexity index is 618. The maximum atomic E-state index is 13.3. The van der Waals surface area contributed by atoms with E-state index < -0.39 is 23.1 Å². The SMILES string of the molecule is CC(N)(Cc1ccccc1)c1ccc(F)c(C(F)(F)F)c1. The van der Waals surface area contributed by atoms with E-state index in [0.29, 0.717) is 6.42 Å². The quantitative estimate of drug-likeness (QED) is 0.842. The van der Waals surface area contributed by atoms with Crippen LogP contribution in [0.1, 0.15) is 23.6 Å². The number of benzene rings is 2. The molecule has 21 heavy (non-hydrogen) atoms. The van der Waals surface area contributed by atoms with Gasteiger partial charge in [0, 0.05) is 5.54 Å². The second kappa shape index (κ2) is 5.48. The Morgan fingerprint density at radius 1 is 1.00 bits per heavy atom. The summed E-state index contributed by atoms with van der Waals surface area (Å²) in [5.74, 6) is -1.29. The molecule has 2 rings (SSSR count). The van der Waals surface area contributed by atoms with Crippen LogP contribution in [0.4, 0.5) is 17.6 Å². The summed E-state index contributed by atoms with van der Waals surface area (Å²) in [5.41, 5.74) is 4.99. The number of alkyl halides is 3. The highest BCUT2D eigenvalue weighted by Crippen LogP contribution is 2.34. The zero-order chi connectivity index (χ0) is 15.7. The van der Waals surface area contributed by atoms with Crippen LogP contribution in [-0.2, 0) is 18.1 Å². The van der Waals surface area contributed by atoms with Crippen molar-refractivity contribution in [3.8, 4) is 0 Å². The summed E-state index contributed by atoms with van der Waals surface area (Å²) in [4.78, 5) is 0. The highest BCUT2D eigenvalue weighted by molar-refractivity contribution is 5.33. The molecule has 0 aromatic heterocycles. The van der Waals surface area contributed by atoms with Crippen molar-refractivity contribution < 1.29 is 17.6 Å². The van der Waals surface area contributed by atoms with Crippen LogP contribution in [0.2, 0.25) is 0 Å². The first-order chi connectivity index (χ1) is 9.70. The molecule has 0 saturated carbocycles. The van der Waals surface area contributed by atoms with Gasteiger partial charge >= 0.3 is 6.18 Å². The van der Waals surface area contributed by atoms with Gasteiger partial charge in [-0.15, -0.1) is 0 Å². The summed E-state index contributed by atoms with van der Waals surface area (Å²) in [6, 6.07) is 12.1. The van der Waals surface area contributed by atoms with Crippen molar-refractivity contribution >= 4 is 0 Å². The molecular formula is C16H15F4N. The molecule has 0 aliphatic carbocycles. The molecule has 112 valence electrons. The molecule has 2 N–H and O–H groups in total. The lowest BCUT2D eigenvalue weighted by molar-refractivity contribution is -0.140. The van der Waals surface area contributed by atoms with Gasteiger partial charge in [0.15, 0.2) is 0 Å². The Balaban J connectivity index is 2.36. The lowest BCUT2D eigenvalue weighted by Crippen LogP contribution is -2.35. The van der Waals surface area contributed by atoms with Crippen molar-refractivity contribution in [2.75, 3.05) is 0 Å². The van der Waals surface area contributed by atoms with Gasteiger partial charge in [0.05, 0.1) is 5.56 Å². The molecule has 0 fully saturated rings. The van der Waals surface area contributed by atoms with E-state index in [4.69, 9.17) is 5.73 Å². The number of halogens is 4. The first-order valence-electron chi connectivity index (χ1n) is 6.40. The zero-order valence-corrected chi connectivity index (χ0v) is 11.4. The number of rotatable bonds is 3. The molecule has 2 aromatic rings. The van der Waals surface area contributed by atoms with E-state index in [9.17, 15) is 17.6 Å². The van der Waals surface area contributed by atoms with Gasteiger partial charge in [-0.1, -0.05) is 36.4 Å². The van der Waals surface area contributed by atoms with Crippen LogP contribution in [0.15, 0.2) is 48.5 Å². The molecule has 0 spiro atoms. The Hall–Kier alpha value is -1.88. The van der Waals surface area contributed by atoms with Crippen molar-refractivity contribution in [2.24, 2.45) is 5.73 Å². The molecule has 1 unspecified atom stereocenters. The second-order valence-electron chi connectivity index (χ2n) is 5.27. The summed E-state index contributed by atoms with van der Waals surface area (Å²) in [6.07, 6.45) is -4.38. The van der Waals surface area contributed by atoms with E-state index >= 15 is 0 Å². The molecule has 0 heterocycles. The average molecular weight is 297 g/mol. The molecular weight excluding hydrogens is 282 g/mol. The average Bonchev–Trinajstić information content (AvgIpc) is 2.38. The van der Waals surface area contributed by atoms with Gasteiger partial charge in [-0.2, -0.15) is 13.2 Å². The molecule has 0 bridgehead atoms. The van der Waals surface area contributed by atoms with E-state index in [0.717, 1.165) is 17.7 Å². The van der Waals surface area contributed by atoms with Crippen molar-refractivity contribution in [1.29, 1.82) is 0 Å². The summed E-state index contributed by atoms with van der Waals surface area (Å²) >= 11 is 0. The molecule has 0 radical (unpaired) electrons. The fraction of sp³-hybridized carbons (Fsp3) is 0.250. The molecule has 1 nitrogen and oxygen atoms in total. The van der Waals surface area contributed by atoms with Crippen molar-refractivity contribution in [3.63, 3.8) is 0 Å². The van der Waals surface area contributed by atoms with Gasteiger partial charge in [0.2, 0.25) is 0 Å². The van der Waals surface area contributed by atoms with Crippen LogP contribution in [-0.4, -0.2) is 0 Å². The minimum absolute atomic E-state index is 0.250. The highest BCUT2D eigenvalue weighted by Gasteiger charge is 2.35. The molecule has 0 aliphatic rings. The normalized spacial score (nSPS) is 14.8. The van der Waals surface area contributed by atoms with E-state index in [1.807, 2.05) is 30.3 Å². The first-order valence-corrected chi connectivity index (χ1v) is 6.40. The Morgan fingerprint density at radius 2 is 1.62 bits per heavy atom. The minimum Gasteiger partial charge on any atom is -0.321 e. The van der Waals surface area contributed by atoms with Crippen LogP contribution in [0, 0.1) is 5.82 Å². The van der Waals surface area contributed by atoms with Crippen molar-refractivity contribution in [2.45, 2.75) is 25.1 Å². The summed E-state index contributed by atoms with van der Waals surface area (Å²) < 4.78 is 51.6. The number of hydrogen-bond acceptors (Lipinski definition) is 1. The first kappa shape index (κ1) is 15.5. The molecule has 2 aromatic carbocycles. The van der Waals surface area contributed by atoms with Crippen molar-refractivity contribution in [1.82, 2.24) is 0 Å². The Kier molecular flexibility index (Phi) is 4.05. The smallest absolute Gasteiger partial charge is 0.321 e.